The van der Waals surface area contributed by atoms with E-state index in [0.717, 1.165) is 38.9 Å². The third-order valence-corrected chi connectivity index (χ3v) is 7.21. The van der Waals surface area contributed by atoms with Crippen molar-refractivity contribution in [1.29, 1.82) is 0 Å². The van der Waals surface area contributed by atoms with E-state index in [1.54, 1.807) is 7.11 Å². The largest absolute Gasteiger partial charge is 0.447 e. The number of methoxy groups -OCH3 is 1. The van der Waals surface area contributed by atoms with Gasteiger partial charge in [-0.05, 0) is 50.5 Å². The highest BCUT2D eigenvalue weighted by atomic mass is 16.6. The maximum absolute atomic E-state index is 13.4. The lowest BCUT2D eigenvalue weighted by Gasteiger charge is -2.51. The number of hydrogen-bond donors (Lipinski definition) is 2. The molecule has 2 aliphatic rings. The summed E-state index contributed by atoms with van der Waals surface area (Å²) < 4.78 is 9.81. The summed E-state index contributed by atoms with van der Waals surface area (Å²) in [5.41, 5.74) is 0.581. The van der Waals surface area contributed by atoms with E-state index >= 15 is 0 Å². The van der Waals surface area contributed by atoms with Crippen molar-refractivity contribution in [3.05, 3.63) is 35.9 Å². The zero-order valence-electron chi connectivity index (χ0n) is 21.8. The Balaban J connectivity index is 1.47. The van der Waals surface area contributed by atoms with Crippen LogP contribution in [0.5, 0.6) is 0 Å². The molecule has 0 saturated carbocycles. The van der Waals surface area contributed by atoms with Crippen molar-refractivity contribution in [2.24, 2.45) is 0 Å². The summed E-state index contributed by atoms with van der Waals surface area (Å²) in [6.07, 6.45) is 4.65. The van der Waals surface area contributed by atoms with Crippen LogP contribution in [-0.4, -0.2) is 92.3 Å². The molecular weight excluding hydrogens is 460 g/mol. The van der Waals surface area contributed by atoms with Gasteiger partial charge in [0.05, 0.1) is 6.61 Å². The van der Waals surface area contributed by atoms with E-state index in [0.29, 0.717) is 45.4 Å². The van der Waals surface area contributed by atoms with Crippen molar-refractivity contribution in [2.75, 3.05) is 53.0 Å². The van der Waals surface area contributed by atoms with Gasteiger partial charge in [-0.25, -0.2) is 4.79 Å². The molecule has 9 heteroatoms. The zero-order chi connectivity index (χ0) is 25.8. The number of amides is 3. The number of likely N-dealkylation sites (tertiary alicyclic amines) is 1. The lowest BCUT2D eigenvalue weighted by Crippen LogP contribution is -2.72. The average molecular weight is 503 g/mol. The number of piperidine rings is 1. The van der Waals surface area contributed by atoms with Crippen LogP contribution in [-0.2, 0) is 25.5 Å². The highest BCUT2D eigenvalue weighted by Crippen LogP contribution is 2.34. The maximum Gasteiger partial charge on any atom is 0.407 e. The Morgan fingerprint density at radius 1 is 1.11 bits per heavy atom. The predicted octanol–water partition coefficient (Wildman–Crippen LogP) is 2.34. The topological polar surface area (TPSA) is 100 Å². The monoisotopic (exact) mass is 502 g/mol. The van der Waals surface area contributed by atoms with E-state index in [1.807, 2.05) is 11.0 Å². The fraction of sp³-hybridized carbons (Fsp3) is 0.667. The molecule has 200 valence electrons. The second-order valence-corrected chi connectivity index (χ2v) is 9.68. The highest BCUT2D eigenvalue weighted by Gasteiger charge is 2.52. The molecule has 1 aromatic rings. The Labute approximate surface area is 214 Å². The number of carbonyl (C=O) groups excluding carboxylic acids is 3. The third kappa shape index (κ3) is 7.43. The minimum absolute atomic E-state index is 0.0110. The maximum atomic E-state index is 13.4. The molecule has 2 saturated heterocycles. The van der Waals surface area contributed by atoms with Gasteiger partial charge in [0.25, 0.3) is 0 Å². The first-order chi connectivity index (χ1) is 17.5. The predicted molar refractivity (Wildman–Crippen MR) is 138 cm³/mol. The van der Waals surface area contributed by atoms with Crippen LogP contribution < -0.4 is 10.6 Å². The van der Waals surface area contributed by atoms with Crippen LogP contribution in [0.4, 0.5) is 4.79 Å². The van der Waals surface area contributed by atoms with Crippen molar-refractivity contribution in [3.8, 4) is 0 Å². The lowest BCUT2D eigenvalue weighted by molar-refractivity contribution is -0.161. The van der Waals surface area contributed by atoms with Gasteiger partial charge in [-0.2, -0.15) is 0 Å². The minimum atomic E-state index is -0.736. The van der Waals surface area contributed by atoms with Gasteiger partial charge in [0, 0.05) is 39.8 Å². The summed E-state index contributed by atoms with van der Waals surface area (Å²) in [4.78, 5) is 42.7. The Kier molecular flexibility index (Phi) is 11.0. The number of ether oxygens (including phenoxy) is 2. The molecule has 2 heterocycles. The summed E-state index contributed by atoms with van der Waals surface area (Å²) >= 11 is 0. The summed E-state index contributed by atoms with van der Waals surface area (Å²) in [5, 5.41) is 5.74. The second kappa shape index (κ2) is 14.2. The molecule has 1 spiro atoms. The SMILES string of the molecule is CCCN1C(=O)[C@H](CCCCNC(=O)OCCOC)NC(=O)C12CCN(CCc1ccccc1)CC2. The first kappa shape index (κ1) is 27.9. The number of hydrogen-bond acceptors (Lipinski definition) is 6. The van der Waals surface area contributed by atoms with E-state index in [9.17, 15) is 14.4 Å². The molecular formula is C27H42N4O5. The van der Waals surface area contributed by atoms with Gasteiger partial charge < -0.3 is 29.9 Å². The standard InChI is InChI=1S/C27H42N4O5/c1-3-16-31-24(32)23(11-7-8-15-28-26(34)36-21-20-35-2)29-25(33)27(31)13-18-30(19-14-27)17-12-22-9-5-4-6-10-22/h4-6,9-10,23H,3,7-8,11-21H2,1-2H3,(H,28,34)(H,29,33)/t23-/m0/s1. The molecule has 0 aromatic heterocycles. The van der Waals surface area contributed by atoms with Gasteiger partial charge in [0.1, 0.15) is 18.2 Å². The van der Waals surface area contributed by atoms with Crippen molar-refractivity contribution in [1.82, 2.24) is 20.4 Å². The third-order valence-electron chi connectivity index (χ3n) is 7.21. The zero-order valence-corrected chi connectivity index (χ0v) is 21.8. The number of nitrogens with zero attached hydrogens (tertiary/aromatic N) is 2. The first-order valence-corrected chi connectivity index (χ1v) is 13.3. The van der Waals surface area contributed by atoms with Crippen molar-refractivity contribution < 1.29 is 23.9 Å². The quantitative estimate of drug-likeness (QED) is 0.402. The van der Waals surface area contributed by atoms with Crippen LogP contribution in [0.25, 0.3) is 0 Å². The van der Waals surface area contributed by atoms with Crippen LogP contribution in [0, 0.1) is 0 Å². The fourth-order valence-electron chi connectivity index (χ4n) is 5.13. The van der Waals surface area contributed by atoms with Gasteiger partial charge in [-0.15, -0.1) is 0 Å². The van der Waals surface area contributed by atoms with Crippen LogP contribution in [0.15, 0.2) is 30.3 Å². The molecule has 2 fully saturated rings. The Morgan fingerprint density at radius 2 is 1.86 bits per heavy atom. The van der Waals surface area contributed by atoms with E-state index in [2.05, 4.69) is 46.7 Å². The molecule has 0 bridgehead atoms. The van der Waals surface area contributed by atoms with Crippen LogP contribution in [0.2, 0.25) is 0 Å². The minimum Gasteiger partial charge on any atom is -0.447 e. The normalized spacial score (nSPS) is 19.8. The van der Waals surface area contributed by atoms with Crippen LogP contribution in [0.1, 0.15) is 51.0 Å². The number of benzene rings is 1. The Morgan fingerprint density at radius 3 is 2.56 bits per heavy atom. The molecule has 0 aliphatic carbocycles. The van der Waals surface area contributed by atoms with Crippen molar-refractivity contribution in [3.63, 3.8) is 0 Å². The average Bonchev–Trinajstić information content (AvgIpc) is 2.89. The number of rotatable bonds is 13. The molecule has 9 nitrogen and oxygen atoms in total. The van der Waals surface area contributed by atoms with Gasteiger partial charge >= 0.3 is 6.09 Å². The number of alkyl carbamates (subject to hydrolysis) is 1. The molecule has 0 radical (unpaired) electrons. The van der Waals surface area contributed by atoms with E-state index in [4.69, 9.17) is 9.47 Å². The molecule has 36 heavy (non-hydrogen) atoms. The summed E-state index contributed by atoms with van der Waals surface area (Å²) in [7, 11) is 1.55. The molecule has 2 aliphatic heterocycles. The molecule has 1 aromatic carbocycles. The van der Waals surface area contributed by atoms with Gasteiger partial charge in [0.15, 0.2) is 0 Å². The number of carbonyl (C=O) groups is 3. The molecule has 2 N–H and O–H groups in total. The summed E-state index contributed by atoms with van der Waals surface area (Å²) in [6.45, 7) is 6.26. The summed E-state index contributed by atoms with van der Waals surface area (Å²) in [5.74, 6) is 0.0178. The highest BCUT2D eigenvalue weighted by molar-refractivity contribution is 6.00. The molecule has 0 unspecified atom stereocenters. The Hall–Kier alpha value is -2.65. The van der Waals surface area contributed by atoms with Gasteiger partial charge in [-0.1, -0.05) is 37.3 Å². The fourth-order valence-corrected chi connectivity index (χ4v) is 5.13. The Bertz CT molecular complexity index is 842. The van der Waals surface area contributed by atoms with Crippen LogP contribution in [0.3, 0.4) is 0 Å². The van der Waals surface area contributed by atoms with Gasteiger partial charge in [-0.3, -0.25) is 9.59 Å². The number of nitrogens with one attached hydrogen (secondary N) is 2. The van der Waals surface area contributed by atoms with E-state index < -0.39 is 17.7 Å². The number of piperazine rings is 1. The lowest BCUT2D eigenvalue weighted by atomic mass is 9.81. The van der Waals surface area contributed by atoms with E-state index in [1.165, 1.54) is 5.56 Å². The smallest absolute Gasteiger partial charge is 0.407 e. The first-order valence-electron chi connectivity index (χ1n) is 13.3. The van der Waals surface area contributed by atoms with E-state index in [-0.39, 0.29) is 18.4 Å². The second-order valence-electron chi connectivity index (χ2n) is 9.68. The van der Waals surface area contributed by atoms with Crippen molar-refractivity contribution in [2.45, 2.75) is 63.5 Å². The van der Waals surface area contributed by atoms with Crippen LogP contribution >= 0.6 is 0 Å². The molecule has 3 rings (SSSR count). The van der Waals surface area contributed by atoms with Crippen molar-refractivity contribution >= 4 is 17.9 Å². The van der Waals surface area contributed by atoms with Gasteiger partial charge in [0.2, 0.25) is 11.8 Å². The summed E-state index contributed by atoms with van der Waals surface area (Å²) in [6, 6.07) is 9.94. The molecule has 1 atom stereocenters. The number of unbranched alkanes of at least 4 members (excludes halogenated alkanes) is 1. The molecule has 3 amide bonds.